The summed E-state index contributed by atoms with van der Waals surface area (Å²) < 4.78 is 5.19. The topological polar surface area (TPSA) is 38.3 Å². The van der Waals surface area contributed by atoms with Gasteiger partial charge in [-0.3, -0.25) is 4.79 Å². The van der Waals surface area contributed by atoms with Crippen molar-refractivity contribution in [1.29, 1.82) is 0 Å². The monoisotopic (exact) mass is 289 g/mol. The number of carbonyl (C=O) groups is 1. The maximum atomic E-state index is 12.3. The Morgan fingerprint density at radius 3 is 2.55 bits per heavy atom. The molecule has 1 atom stereocenters. The number of rotatable bonds is 4. The normalized spacial score (nSPS) is 11.8. The van der Waals surface area contributed by atoms with Gasteiger partial charge < -0.3 is 10.1 Å². The van der Waals surface area contributed by atoms with E-state index in [2.05, 4.69) is 5.32 Å². The van der Waals surface area contributed by atoms with E-state index in [4.69, 9.17) is 16.3 Å². The second-order valence-electron chi connectivity index (χ2n) is 4.45. The summed E-state index contributed by atoms with van der Waals surface area (Å²) in [6, 6.07) is 14.7. The van der Waals surface area contributed by atoms with Gasteiger partial charge in [-0.25, -0.2) is 0 Å². The quantitative estimate of drug-likeness (QED) is 0.929. The van der Waals surface area contributed by atoms with Gasteiger partial charge in [0.05, 0.1) is 18.7 Å². The van der Waals surface area contributed by atoms with Gasteiger partial charge in [0.15, 0.2) is 0 Å². The molecule has 4 heteroatoms. The Hall–Kier alpha value is -2.00. The minimum absolute atomic E-state index is 0.0904. The molecule has 0 aliphatic rings. The minimum Gasteiger partial charge on any atom is -0.496 e. The molecule has 1 amide bonds. The van der Waals surface area contributed by atoms with Crippen molar-refractivity contribution in [3.8, 4) is 5.75 Å². The fourth-order valence-corrected chi connectivity index (χ4v) is 2.13. The highest BCUT2D eigenvalue weighted by molar-refractivity contribution is 6.31. The van der Waals surface area contributed by atoms with Crippen molar-refractivity contribution in [2.45, 2.75) is 13.0 Å². The molecular formula is C16H16ClNO2. The molecule has 0 bridgehead atoms. The summed E-state index contributed by atoms with van der Waals surface area (Å²) in [5.74, 6) is 0.299. The van der Waals surface area contributed by atoms with Gasteiger partial charge in [0.25, 0.3) is 5.91 Å². The average molecular weight is 290 g/mol. The second kappa shape index (κ2) is 6.44. The van der Waals surface area contributed by atoms with Crippen LogP contribution in [0.2, 0.25) is 5.02 Å². The third-order valence-electron chi connectivity index (χ3n) is 3.05. The van der Waals surface area contributed by atoms with Gasteiger partial charge in [-0.1, -0.05) is 41.9 Å². The predicted octanol–water partition coefficient (Wildman–Crippen LogP) is 3.84. The standard InChI is InChI=1S/C16H16ClNO2/c1-11(12-6-4-3-5-7-12)18-16(19)14-10-13(17)8-9-15(14)20-2/h3-11H,1-2H3,(H,18,19)/t11-/m1/s1. The summed E-state index contributed by atoms with van der Waals surface area (Å²) >= 11 is 5.94. The molecule has 104 valence electrons. The van der Waals surface area contributed by atoms with E-state index in [9.17, 15) is 4.79 Å². The number of benzene rings is 2. The number of hydrogen-bond acceptors (Lipinski definition) is 2. The number of halogens is 1. The smallest absolute Gasteiger partial charge is 0.255 e. The number of carbonyl (C=O) groups excluding carboxylic acids is 1. The Morgan fingerprint density at radius 2 is 1.90 bits per heavy atom. The Bertz CT molecular complexity index is 599. The van der Waals surface area contributed by atoms with Crippen LogP contribution in [0.15, 0.2) is 48.5 Å². The lowest BCUT2D eigenvalue weighted by molar-refractivity contribution is 0.0937. The van der Waals surface area contributed by atoms with E-state index in [1.54, 1.807) is 18.2 Å². The fraction of sp³-hybridized carbons (Fsp3) is 0.188. The number of amides is 1. The van der Waals surface area contributed by atoms with Gasteiger partial charge in [0.1, 0.15) is 5.75 Å². The van der Waals surface area contributed by atoms with Crippen LogP contribution in [0.1, 0.15) is 28.9 Å². The Labute approximate surface area is 123 Å². The summed E-state index contributed by atoms with van der Waals surface area (Å²) in [4.78, 5) is 12.3. The molecule has 2 aromatic rings. The molecule has 20 heavy (non-hydrogen) atoms. The highest BCUT2D eigenvalue weighted by atomic mass is 35.5. The first kappa shape index (κ1) is 14.4. The molecule has 0 radical (unpaired) electrons. The first-order valence-electron chi connectivity index (χ1n) is 6.31. The zero-order valence-corrected chi connectivity index (χ0v) is 12.1. The first-order chi connectivity index (χ1) is 9.61. The molecule has 1 N–H and O–H groups in total. The fourth-order valence-electron chi connectivity index (χ4n) is 1.96. The minimum atomic E-state index is -0.208. The van der Waals surface area contributed by atoms with E-state index in [1.165, 1.54) is 7.11 Å². The van der Waals surface area contributed by atoms with Crippen LogP contribution in [0, 0.1) is 0 Å². The number of methoxy groups -OCH3 is 1. The van der Waals surface area contributed by atoms with Crippen LogP contribution >= 0.6 is 11.6 Å². The zero-order valence-electron chi connectivity index (χ0n) is 11.4. The summed E-state index contributed by atoms with van der Waals surface area (Å²) in [7, 11) is 1.53. The maximum Gasteiger partial charge on any atom is 0.255 e. The van der Waals surface area contributed by atoms with Crippen molar-refractivity contribution in [1.82, 2.24) is 5.32 Å². The molecular weight excluding hydrogens is 274 g/mol. The molecule has 0 aliphatic heterocycles. The lowest BCUT2D eigenvalue weighted by Gasteiger charge is -2.15. The van der Waals surface area contributed by atoms with Crippen LogP contribution in [0.5, 0.6) is 5.75 Å². The van der Waals surface area contributed by atoms with Crippen molar-refractivity contribution in [3.63, 3.8) is 0 Å². The lowest BCUT2D eigenvalue weighted by atomic mass is 10.1. The van der Waals surface area contributed by atoms with Gasteiger partial charge in [0.2, 0.25) is 0 Å². The molecule has 0 aliphatic carbocycles. The van der Waals surface area contributed by atoms with Crippen molar-refractivity contribution in [2.75, 3.05) is 7.11 Å². The van der Waals surface area contributed by atoms with Crippen LogP contribution in [-0.4, -0.2) is 13.0 Å². The van der Waals surface area contributed by atoms with Crippen molar-refractivity contribution in [3.05, 3.63) is 64.7 Å². The van der Waals surface area contributed by atoms with Crippen LogP contribution in [-0.2, 0) is 0 Å². The second-order valence-corrected chi connectivity index (χ2v) is 4.89. The van der Waals surface area contributed by atoms with Crippen LogP contribution < -0.4 is 10.1 Å². The van der Waals surface area contributed by atoms with Crippen LogP contribution in [0.4, 0.5) is 0 Å². The molecule has 0 aromatic heterocycles. The average Bonchev–Trinajstić information content (AvgIpc) is 2.48. The highest BCUT2D eigenvalue weighted by Crippen LogP contribution is 2.23. The SMILES string of the molecule is COc1ccc(Cl)cc1C(=O)N[C@H](C)c1ccccc1. The van der Waals surface area contributed by atoms with Gasteiger partial charge >= 0.3 is 0 Å². The number of ether oxygens (including phenoxy) is 1. The first-order valence-corrected chi connectivity index (χ1v) is 6.69. The van der Waals surface area contributed by atoms with E-state index >= 15 is 0 Å². The summed E-state index contributed by atoms with van der Waals surface area (Å²) in [6.45, 7) is 1.93. The number of nitrogens with one attached hydrogen (secondary N) is 1. The van der Waals surface area contributed by atoms with Crippen LogP contribution in [0.25, 0.3) is 0 Å². The van der Waals surface area contributed by atoms with Gasteiger partial charge in [-0.2, -0.15) is 0 Å². The van der Waals surface area contributed by atoms with E-state index in [-0.39, 0.29) is 11.9 Å². The van der Waals surface area contributed by atoms with E-state index < -0.39 is 0 Å². The Balaban J connectivity index is 2.18. The Kier molecular flexibility index (Phi) is 4.64. The molecule has 0 spiro atoms. The van der Waals surface area contributed by atoms with Gasteiger partial charge in [-0.05, 0) is 30.7 Å². The molecule has 0 unspecified atom stereocenters. The van der Waals surface area contributed by atoms with E-state index in [0.29, 0.717) is 16.3 Å². The van der Waals surface area contributed by atoms with Gasteiger partial charge in [-0.15, -0.1) is 0 Å². The molecule has 0 heterocycles. The van der Waals surface area contributed by atoms with Crippen molar-refractivity contribution < 1.29 is 9.53 Å². The summed E-state index contributed by atoms with van der Waals surface area (Å²) in [5, 5.41) is 3.44. The summed E-state index contributed by atoms with van der Waals surface area (Å²) in [5.41, 5.74) is 1.48. The van der Waals surface area contributed by atoms with Crippen LogP contribution in [0.3, 0.4) is 0 Å². The third kappa shape index (κ3) is 3.31. The molecule has 2 aromatic carbocycles. The largest absolute Gasteiger partial charge is 0.496 e. The zero-order chi connectivity index (χ0) is 14.5. The highest BCUT2D eigenvalue weighted by Gasteiger charge is 2.15. The molecule has 0 fully saturated rings. The molecule has 0 saturated heterocycles. The van der Waals surface area contributed by atoms with Gasteiger partial charge in [0, 0.05) is 5.02 Å². The van der Waals surface area contributed by atoms with Crippen molar-refractivity contribution >= 4 is 17.5 Å². The van der Waals surface area contributed by atoms with E-state index in [0.717, 1.165) is 5.56 Å². The lowest BCUT2D eigenvalue weighted by Crippen LogP contribution is -2.27. The third-order valence-corrected chi connectivity index (χ3v) is 3.29. The number of hydrogen-bond donors (Lipinski definition) is 1. The molecule has 3 nitrogen and oxygen atoms in total. The maximum absolute atomic E-state index is 12.3. The van der Waals surface area contributed by atoms with E-state index in [1.807, 2.05) is 37.3 Å². The molecule has 0 saturated carbocycles. The van der Waals surface area contributed by atoms with Crippen molar-refractivity contribution in [2.24, 2.45) is 0 Å². The Morgan fingerprint density at radius 1 is 1.20 bits per heavy atom. The molecule has 2 rings (SSSR count). The predicted molar refractivity (Wildman–Crippen MR) is 80.3 cm³/mol. The summed E-state index contributed by atoms with van der Waals surface area (Å²) in [6.07, 6.45) is 0.